The third kappa shape index (κ3) is 3.41. The number of piperidine rings is 1. The Morgan fingerprint density at radius 3 is 2.71 bits per heavy atom. The zero-order valence-electron chi connectivity index (χ0n) is 8.56. The fraction of sp³-hybridized carbons (Fsp3) is 0.857. The van der Waals surface area contributed by atoms with Gasteiger partial charge in [-0.05, 0) is 19.8 Å². The quantitative estimate of drug-likeness (QED) is 0.384. The molecule has 1 aliphatic heterocycles. The van der Waals surface area contributed by atoms with Crippen molar-refractivity contribution in [3.05, 3.63) is 0 Å². The summed E-state index contributed by atoms with van der Waals surface area (Å²) in [5.74, 6) is -0.349. The smallest absolute Gasteiger partial charge is 0.761 e. The van der Waals surface area contributed by atoms with Crippen molar-refractivity contribution >= 4 is 13.7 Å². The van der Waals surface area contributed by atoms with E-state index in [0.717, 1.165) is 17.5 Å². The molecule has 0 N–H and O–H groups in total. The zero-order valence-corrected chi connectivity index (χ0v) is 9.46. The summed E-state index contributed by atoms with van der Waals surface area (Å²) in [4.78, 5) is 22.5. The van der Waals surface area contributed by atoms with Gasteiger partial charge in [-0.3, -0.25) is 14.0 Å². The van der Waals surface area contributed by atoms with Crippen molar-refractivity contribution in [2.45, 2.75) is 26.2 Å². The van der Waals surface area contributed by atoms with Crippen LogP contribution in [0.25, 0.3) is 0 Å². The minimum atomic E-state index is -4.09. The minimum Gasteiger partial charge on any atom is -0.761 e. The van der Waals surface area contributed by atoms with E-state index in [4.69, 9.17) is 0 Å². The van der Waals surface area contributed by atoms with Gasteiger partial charge in [-0.2, -0.15) is 0 Å². The molecule has 0 bridgehead atoms. The monoisotopic (exact) mass is 213 g/mol. The van der Waals surface area contributed by atoms with E-state index in [-0.39, 0.29) is 37.9 Å². The number of nitrogens with zero attached hydrogens (tertiary/aromatic N) is 1. The van der Waals surface area contributed by atoms with Crippen molar-refractivity contribution in [1.82, 2.24) is 4.67 Å². The Bertz CT molecular complexity index is 248. The van der Waals surface area contributed by atoms with E-state index in [0.29, 0.717) is 6.42 Å². The van der Waals surface area contributed by atoms with Gasteiger partial charge in [0.2, 0.25) is 13.7 Å². The third-order valence-corrected chi connectivity index (χ3v) is 3.49. The summed E-state index contributed by atoms with van der Waals surface area (Å²) in [6, 6.07) is 0. The van der Waals surface area contributed by atoms with E-state index in [2.05, 4.69) is 4.52 Å². The Balaban J connectivity index is 0.00000169. The van der Waals surface area contributed by atoms with E-state index < -0.39 is 7.75 Å². The van der Waals surface area contributed by atoms with E-state index in [9.17, 15) is 14.3 Å². The van der Waals surface area contributed by atoms with Gasteiger partial charge in [0.25, 0.3) is 0 Å². The Hall–Kier alpha value is 0.217. The van der Waals surface area contributed by atoms with Gasteiger partial charge in [0.1, 0.15) is 0 Å². The van der Waals surface area contributed by atoms with Crippen LogP contribution in [0.5, 0.6) is 0 Å². The summed E-state index contributed by atoms with van der Waals surface area (Å²) in [6.07, 6.45) is 1.80. The van der Waals surface area contributed by atoms with Crippen LogP contribution < -0.4 is 23.8 Å². The summed E-state index contributed by atoms with van der Waals surface area (Å²) < 4.78 is 16.7. The first-order chi connectivity index (χ1) is 6.08. The van der Waals surface area contributed by atoms with Crippen molar-refractivity contribution < 1.29 is 37.6 Å². The molecule has 0 aromatic heterocycles. The normalized spacial score (nSPS) is 21.3. The van der Waals surface area contributed by atoms with Gasteiger partial charge >= 0.3 is 18.9 Å². The van der Waals surface area contributed by atoms with Gasteiger partial charge < -0.3 is 9.42 Å². The fourth-order valence-corrected chi connectivity index (χ4v) is 2.51. The van der Waals surface area contributed by atoms with Crippen molar-refractivity contribution in [3.63, 3.8) is 0 Å². The fourth-order valence-electron chi connectivity index (χ4n) is 1.28. The SMILES string of the molecule is CCOP(=O)([O-])N1CCCCC1=O.[Li+]. The average molecular weight is 213 g/mol. The first-order valence-corrected chi connectivity index (χ1v) is 5.84. The second kappa shape index (κ2) is 5.94. The Morgan fingerprint density at radius 2 is 2.21 bits per heavy atom. The van der Waals surface area contributed by atoms with Crippen LogP contribution in [0.3, 0.4) is 0 Å². The molecule has 5 nitrogen and oxygen atoms in total. The van der Waals surface area contributed by atoms with Crippen LogP contribution in [-0.4, -0.2) is 23.7 Å². The second-order valence-electron chi connectivity index (χ2n) is 2.86. The molecule has 76 valence electrons. The maximum Gasteiger partial charge on any atom is 1.00 e. The van der Waals surface area contributed by atoms with Gasteiger partial charge in [0, 0.05) is 13.0 Å². The largest absolute Gasteiger partial charge is 1.00 e. The molecule has 0 spiro atoms. The zero-order chi connectivity index (χ0) is 9.90. The maximum absolute atomic E-state index is 11.3. The van der Waals surface area contributed by atoms with Gasteiger partial charge in [-0.15, -0.1) is 0 Å². The molecule has 0 aliphatic carbocycles. The predicted octanol–water partition coefficient (Wildman–Crippen LogP) is -2.49. The molecular formula is C7H13LiNO4P. The van der Waals surface area contributed by atoms with E-state index >= 15 is 0 Å². The van der Waals surface area contributed by atoms with Crippen LogP contribution in [-0.2, 0) is 13.9 Å². The summed E-state index contributed by atoms with van der Waals surface area (Å²) >= 11 is 0. The molecule has 1 amide bonds. The molecule has 0 radical (unpaired) electrons. The number of hydrogen-bond acceptors (Lipinski definition) is 4. The van der Waals surface area contributed by atoms with Gasteiger partial charge in [-0.25, -0.2) is 0 Å². The first-order valence-electron chi connectivity index (χ1n) is 4.34. The molecule has 1 fully saturated rings. The molecular weight excluding hydrogens is 200 g/mol. The summed E-state index contributed by atoms with van der Waals surface area (Å²) in [6.45, 7) is 1.92. The molecule has 1 rings (SSSR count). The van der Waals surface area contributed by atoms with Crippen molar-refractivity contribution in [2.75, 3.05) is 13.2 Å². The van der Waals surface area contributed by atoms with Crippen molar-refractivity contribution in [1.29, 1.82) is 0 Å². The summed E-state index contributed by atoms with van der Waals surface area (Å²) in [5.41, 5.74) is 0. The van der Waals surface area contributed by atoms with E-state index in [1.54, 1.807) is 6.92 Å². The van der Waals surface area contributed by atoms with Gasteiger partial charge in [-0.1, -0.05) is 0 Å². The third-order valence-electron chi connectivity index (χ3n) is 1.89. The van der Waals surface area contributed by atoms with Gasteiger partial charge in [0.15, 0.2) is 0 Å². The molecule has 14 heavy (non-hydrogen) atoms. The van der Waals surface area contributed by atoms with Gasteiger partial charge in [0.05, 0.1) is 6.61 Å². The van der Waals surface area contributed by atoms with Crippen molar-refractivity contribution in [3.8, 4) is 0 Å². The van der Waals surface area contributed by atoms with Crippen LogP contribution in [0.1, 0.15) is 26.2 Å². The van der Waals surface area contributed by atoms with Crippen LogP contribution >= 0.6 is 7.75 Å². The second-order valence-corrected chi connectivity index (χ2v) is 4.54. The van der Waals surface area contributed by atoms with Crippen LogP contribution in [0, 0.1) is 0 Å². The number of carbonyl (C=O) groups is 1. The molecule has 1 atom stereocenters. The van der Waals surface area contributed by atoms with Crippen molar-refractivity contribution in [2.24, 2.45) is 0 Å². The average Bonchev–Trinajstić information content (AvgIpc) is 2.04. The summed E-state index contributed by atoms with van der Waals surface area (Å²) in [5, 5.41) is 0. The topological polar surface area (TPSA) is 69.7 Å². The Kier molecular flexibility index (Phi) is 6.04. The summed E-state index contributed by atoms with van der Waals surface area (Å²) in [7, 11) is -4.09. The molecule has 7 heteroatoms. The molecule has 1 unspecified atom stereocenters. The number of amides is 1. The first kappa shape index (κ1) is 14.2. The molecule has 1 heterocycles. The Morgan fingerprint density at radius 1 is 1.57 bits per heavy atom. The molecule has 1 aliphatic rings. The predicted molar refractivity (Wildman–Crippen MR) is 44.8 cm³/mol. The van der Waals surface area contributed by atoms with E-state index in [1.807, 2.05) is 0 Å². The number of hydrogen-bond donors (Lipinski definition) is 0. The van der Waals surface area contributed by atoms with E-state index in [1.165, 1.54) is 0 Å². The van der Waals surface area contributed by atoms with Crippen LogP contribution in [0.15, 0.2) is 0 Å². The maximum atomic E-state index is 11.3. The Labute approximate surface area is 95.6 Å². The number of rotatable bonds is 3. The molecule has 1 saturated heterocycles. The molecule has 0 saturated carbocycles. The standard InChI is InChI=1S/C7H14NO4P.Li/c1-2-12-13(10,11)8-6-4-3-5-7(8)9;/h2-6H2,1H3,(H,10,11);/q;+1/p-1. The van der Waals surface area contributed by atoms with Crippen LogP contribution in [0.4, 0.5) is 0 Å². The molecule has 0 aromatic carbocycles. The van der Waals surface area contributed by atoms with Crippen LogP contribution in [0.2, 0.25) is 0 Å². The molecule has 0 aromatic rings. The minimum absolute atomic E-state index is 0. The number of carbonyl (C=O) groups excluding carboxylic acids is 1.